The molecule has 1 aromatic carbocycles. The molecule has 0 aliphatic carbocycles. The van der Waals surface area contributed by atoms with Crippen LogP contribution >= 0.6 is 0 Å². The molecule has 0 saturated heterocycles. The third kappa shape index (κ3) is 3.33. The van der Waals surface area contributed by atoms with E-state index in [-0.39, 0.29) is 11.2 Å². The summed E-state index contributed by atoms with van der Waals surface area (Å²) in [4.78, 5) is 0. The van der Waals surface area contributed by atoms with E-state index in [1.807, 2.05) is 6.07 Å². The van der Waals surface area contributed by atoms with Gasteiger partial charge in [-0.05, 0) is 35.4 Å². The summed E-state index contributed by atoms with van der Waals surface area (Å²) in [6.07, 6.45) is 4.31. The van der Waals surface area contributed by atoms with Gasteiger partial charge in [-0.3, -0.25) is 0 Å². The van der Waals surface area contributed by atoms with Crippen LogP contribution in [0.3, 0.4) is 0 Å². The lowest BCUT2D eigenvalue weighted by molar-refractivity contribution is 0.547. The highest BCUT2D eigenvalue weighted by atomic mass is 19.1. The molecule has 0 fully saturated rings. The van der Waals surface area contributed by atoms with Crippen molar-refractivity contribution >= 4 is 0 Å². The number of unbranched alkanes of at least 4 members (excludes halogenated alkanes) is 2. The molecule has 0 heterocycles. The molecule has 1 aromatic rings. The molecule has 0 atom stereocenters. The number of hydrogen-bond donors (Lipinski definition) is 0. The average molecular weight is 222 g/mol. The topological polar surface area (TPSA) is 0 Å². The molecule has 0 N–H and O–H groups in total. The molecule has 0 aliphatic rings. The van der Waals surface area contributed by atoms with Crippen molar-refractivity contribution < 1.29 is 4.39 Å². The fourth-order valence-corrected chi connectivity index (χ4v) is 2.07. The second-order valence-corrected chi connectivity index (χ2v) is 5.47. The summed E-state index contributed by atoms with van der Waals surface area (Å²) >= 11 is 0. The van der Waals surface area contributed by atoms with E-state index in [2.05, 4.69) is 33.8 Å². The molecular formula is C15H23F. The highest BCUT2D eigenvalue weighted by Crippen LogP contribution is 2.28. The highest BCUT2D eigenvalue weighted by molar-refractivity contribution is 5.34. The SMILES string of the molecule is CCCCCc1c(F)cccc1C(C)(C)C. The predicted octanol–water partition coefficient (Wildman–Crippen LogP) is 4.86. The quantitative estimate of drug-likeness (QED) is 0.638. The van der Waals surface area contributed by atoms with E-state index >= 15 is 0 Å². The number of benzene rings is 1. The van der Waals surface area contributed by atoms with Gasteiger partial charge in [0, 0.05) is 0 Å². The fraction of sp³-hybridized carbons (Fsp3) is 0.600. The van der Waals surface area contributed by atoms with Crippen LogP contribution in [0.2, 0.25) is 0 Å². The molecule has 16 heavy (non-hydrogen) atoms. The molecule has 0 radical (unpaired) electrons. The Morgan fingerprint density at radius 3 is 2.38 bits per heavy atom. The summed E-state index contributed by atoms with van der Waals surface area (Å²) in [6, 6.07) is 5.46. The van der Waals surface area contributed by atoms with Crippen molar-refractivity contribution in [3.05, 3.63) is 35.1 Å². The Labute approximate surface area is 98.9 Å². The van der Waals surface area contributed by atoms with Gasteiger partial charge in [0.15, 0.2) is 0 Å². The highest BCUT2D eigenvalue weighted by Gasteiger charge is 2.19. The standard InChI is InChI=1S/C15H23F/c1-5-6-7-9-12-13(15(2,3)4)10-8-11-14(12)16/h8,10-11H,5-7,9H2,1-4H3. The van der Waals surface area contributed by atoms with Gasteiger partial charge in [0.05, 0.1) is 0 Å². The van der Waals surface area contributed by atoms with Crippen LogP contribution in [0.15, 0.2) is 18.2 Å². The largest absolute Gasteiger partial charge is 0.207 e. The Hall–Kier alpha value is -0.850. The van der Waals surface area contributed by atoms with Crippen molar-refractivity contribution in [2.24, 2.45) is 0 Å². The van der Waals surface area contributed by atoms with Gasteiger partial charge in [-0.15, -0.1) is 0 Å². The second-order valence-electron chi connectivity index (χ2n) is 5.47. The van der Waals surface area contributed by atoms with Crippen LogP contribution in [-0.4, -0.2) is 0 Å². The first-order valence-electron chi connectivity index (χ1n) is 6.24. The number of rotatable bonds is 4. The molecular weight excluding hydrogens is 199 g/mol. The van der Waals surface area contributed by atoms with Gasteiger partial charge >= 0.3 is 0 Å². The molecule has 90 valence electrons. The molecule has 0 spiro atoms. The predicted molar refractivity (Wildman–Crippen MR) is 68.3 cm³/mol. The van der Waals surface area contributed by atoms with Crippen LogP contribution in [0, 0.1) is 5.82 Å². The van der Waals surface area contributed by atoms with E-state index < -0.39 is 0 Å². The zero-order valence-electron chi connectivity index (χ0n) is 10.9. The maximum Gasteiger partial charge on any atom is 0.126 e. The Balaban J connectivity index is 2.95. The molecule has 0 saturated carbocycles. The monoisotopic (exact) mass is 222 g/mol. The second kappa shape index (κ2) is 5.47. The van der Waals surface area contributed by atoms with Gasteiger partial charge in [0.25, 0.3) is 0 Å². The van der Waals surface area contributed by atoms with Gasteiger partial charge in [-0.2, -0.15) is 0 Å². The minimum Gasteiger partial charge on any atom is -0.207 e. The zero-order chi connectivity index (χ0) is 12.2. The van der Waals surface area contributed by atoms with Crippen molar-refractivity contribution in [1.29, 1.82) is 0 Å². The maximum absolute atomic E-state index is 13.8. The third-order valence-electron chi connectivity index (χ3n) is 2.96. The summed E-state index contributed by atoms with van der Waals surface area (Å²) in [5.41, 5.74) is 2.11. The van der Waals surface area contributed by atoms with E-state index in [0.717, 1.165) is 24.0 Å². The maximum atomic E-state index is 13.8. The van der Waals surface area contributed by atoms with Crippen LogP contribution in [0.25, 0.3) is 0 Å². The summed E-state index contributed by atoms with van der Waals surface area (Å²) < 4.78 is 13.8. The Morgan fingerprint density at radius 2 is 1.81 bits per heavy atom. The van der Waals surface area contributed by atoms with Gasteiger partial charge in [-0.1, -0.05) is 52.7 Å². The van der Waals surface area contributed by atoms with E-state index in [1.54, 1.807) is 6.07 Å². The molecule has 0 aromatic heterocycles. The first-order valence-corrected chi connectivity index (χ1v) is 6.24. The van der Waals surface area contributed by atoms with Crippen molar-refractivity contribution in [3.63, 3.8) is 0 Å². The lowest BCUT2D eigenvalue weighted by Crippen LogP contribution is -2.15. The van der Waals surface area contributed by atoms with Crippen molar-refractivity contribution in [2.75, 3.05) is 0 Å². The summed E-state index contributed by atoms with van der Waals surface area (Å²) in [5, 5.41) is 0. The summed E-state index contributed by atoms with van der Waals surface area (Å²) in [6.45, 7) is 8.60. The smallest absolute Gasteiger partial charge is 0.126 e. The molecule has 0 bridgehead atoms. The lowest BCUT2D eigenvalue weighted by atomic mass is 9.82. The molecule has 1 rings (SSSR count). The molecule has 0 unspecified atom stereocenters. The molecule has 0 nitrogen and oxygen atoms in total. The fourth-order valence-electron chi connectivity index (χ4n) is 2.07. The zero-order valence-corrected chi connectivity index (χ0v) is 10.9. The normalized spacial score (nSPS) is 11.8. The van der Waals surface area contributed by atoms with E-state index in [9.17, 15) is 4.39 Å². The Morgan fingerprint density at radius 1 is 1.12 bits per heavy atom. The van der Waals surface area contributed by atoms with E-state index in [1.165, 1.54) is 12.8 Å². The number of hydrogen-bond acceptors (Lipinski definition) is 0. The first kappa shape index (κ1) is 13.2. The number of halogens is 1. The first-order chi connectivity index (χ1) is 7.46. The van der Waals surface area contributed by atoms with Crippen LogP contribution in [0.4, 0.5) is 4.39 Å². The summed E-state index contributed by atoms with van der Waals surface area (Å²) in [7, 11) is 0. The van der Waals surface area contributed by atoms with Gasteiger partial charge in [-0.25, -0.2) is 4.39 Å². The molecule has 1 heteroatoms. The van der Waals surface area contributed by atoms with Gasteiger partial charge in [0.2, 0.25) is 0 Å². The van der Waals surface area contributed by atoms with Crippen molar-refractivity contribution in [1.82, 2.24) is 0 Å². The third-order valence-corrected chi connectivity index (χ3v) is 2.96. The lowest BCUT2D eigenvalue weighted by Gasteiger charge is -2.23. The van der Waals surface area contributed by atoms with Crippen LogP contribution in [-0.2, 0) is 11.8 Å². The minimum absolute atomic E-state index is 0.0314. The van der Waals surface area contributed by atoms with Crippen molar-refractivity contribution in [2.45, 2.75) is 58.8 Å². The van der Waals surface area contributed by atoms with Gasteiger partial charge in [0.1, 0.15) is 5.82 Å². The van der Waals surface area contributed by atoms with Gasteiger partial charge < -0.3 is 0 Å². The Bertz CT molecular complexity index is 334. The molecule has 0 aliphatic heterocycles. The van der Waals surface area contributed by atoms with Crippen LogP contribution in [0.1, 0.15) is 58.1 Å². The van der Waals surface area contributed by atoms with Crippen LogP contribution in [0.5, 0.6) is 0 Å². The minimum atomic E-state index is -0.0384. The van der Waals surface area contributed by atoms with Crippen LogP contribution < -0.4 is 0 Å². The molecule has 0 amide bonds. The Kier molecular flexibility index (Phi) is 4.52. The van der Waals surface area contributed by atoms with E-state index in [0.29, 0.717) is 0 Å². The van der Waals surface area contributed by atoms with E-state index in [4.69, 9.17) is 0 Å². The average Bonchev–Trinajstić information content (AvgIpc) is 2.19. The summed E-state index contributed by atoms with van der Waals surface area (Å²) in [5.74, 6) is -0.0384. The van der Waals surface area contributed by atoms with Crippen molar-refractivity contribution in [3.8, 4) is 0 Å².